The Kier molecular flexibility index (Phi) is 4.10. The van der Waals surface area contributed by atoms with E-state index in [1.54, 1.807) is 0 Å². The van der Waals surface area contributed by atoms with Gasteiger partial charge >= 0.3 is 0 Å². The van der Waals surface area contributed by atoms with Crippen molar-refractivity contribution in [2.24, 2.45) is 5.73 Å². The van der Waals surface area contributed by atoms with Crippen LogP contribution in [0.15, 0.2) is 12.4 Å². The predicted octanol–water partition coefficient (Wildman–Crippen LogP) is 1.67. The highest BCUT2D eigenvalue weighted by Crippen LogP contribution is 2.37. The third-order valence-electron chi connectivity index (χ3n) is 4.59. The molecular formula is C15H25N3O2. The van der Waals surface area contributed by atoms with Crippen LogP contribution in [0.2, 0.25) is 0 Å². The average Bonchev–Trinajstić information content (AvgIpc) is 3.09. The molecule has 0 bridgehead atoms. The van der Waals surface area contributed by atoms with Crippen LogP contribution in [0, 0.1) is 0 Å². The Bertz CT molecular complexity index is 440. The summed E-state index contributed by atoms with van der Waals surface area (Å²) >= 11 is 0. The lowest BCUT2D eigenvalue weighted by atomic mass is 9.90. The van der Waals surface area contributed by atoms with Crippen molar-refractivity contribution in [3.8, 4) is 0 Å². The first kappa shape index (κ1) is 14.0. The molecule has 5 heteroatoms. The van der Waals surface area contributed by atoms with Crippen molar-refractivity contribution in [1.29, 1.82) is 0 Å². The van der Waals surface area contributed by atoms with Crippen LogP contribution in [-0.2, 0) is 15.9 Å². The molecule has 3 atom stereocenters. The molecule has 3 heterocycles. The number of nitrogens with two attached hydrogens (primary N) is 1. The first-order valence-corrected chi connectivity index (χ1v) is 7.71. The van der Waals surface area contributed by atoms with Gasteiger partial charge in [0.2, 0.25) is 0 Å². The van der Waals surface area contributed by atoms with Gasteiger partial charge in [-0.05, 0) is 24.8 Å². The van der Waals surface area contributed by atoms with Crippen LogP contribution in [0.4, 0.5) is 0 Å². The maximum atomic E-state index is 6.01. The van der Waals surface area contributed by atoms with Crippen molar-refractivity contribution in [3.63, 3.8) is 0 Å². The van der Waals surface area contributed by atoms with Crippen LogP contribution in [0.1, 0.15) is 44.2 Å². The molecule has 112 valence electrons. The molecule has 2 fully saturated rings. The smallest absolute Gasteiger partial charge is 0.0957 e. The van der Waals surface area contributed by atoms with E-state index >= 15 is 0 Å². The summed E-state index contributed by atoms with van der Waals surface area (Å²) in [4.78, 5) is 0. The normalized spacial score (nSPS) is 31.8. The molecule has 5 nitrogen and oxygen atoms in total. The summed E-state index contributed by atoms with van der Waals surface area (Å²) in [5, 5.41) is 4.55. The Hall–Kier alpha value is -0.910. The quantitative estimate of drug-likeness (QED) is 0.910. The fraction of sp³-hybridized carbons (Fsp3) is 0.800. The molecule has 1 spiro atoms. The van der Waals surface area contributed by atoms with Crippen LogP contribution < -0.4 is 5.73 Å². The fourth-order valence-electron chi connectivity index (χ4n) is 3.22. The van der Waals surface area contributed by atoms with Crippen LogP contribution in [0.5, 0.6) is 0 Å². The summed E-state index contributed by atoms with van der Waals surface area (Å²) < 4.78 is 13.6. The maximum Gasteiger partial charge on any atom is 0.0957 e. The van der Waals surface area contributed by atoms with Gasteiger partial charge in [-0.3, -0.25) is 4.68 Å². The second-order valence-electron chi connectivity index (χ2n) is 6.18. The largest absolute Gasteiger partial charge is 0.378 e. The Labute approximate surface area is 120 Å². The second-order valence-corrected chi connectivity index (χ2v) is 6.18. The zero-order valence-corrected chi connectivity index (χ0v) is 12.3. The molecule has 2 aliphatic heterocycles. The zero-order valence-electron chi connectivity index (χ0n) is 12.3. The van der Waals surface area contributed by atoms with Gasteiger partial charge in [-0.15, -0.1) is 0 Å². The van der Waals surface area contributed by atoms with E-state index in [0.717, 1.165) is 51.9 Å². The molecule has 2 saturated heterocycles. The van der Waals surface area contributed by atoms with Gasteiger partial charge in [-0.1, -0.05) is 6.92 Å². The summed E-state index contributed by atoms with van der Waals surface area (Å²) in [6, 6.07) is 0.661. The summed E-state index contributed by atoms with van der Waals surface area (Å²) in [5.41, 5.74) is 7.19. The number of nitrogens with zero attached hydrogens (tertiary/aromatic N) is 2. The molecule has 1 aromatic rings. The van der Waals surface area contributed by atoms with Gasteiger partial charge in [0.25, 0.3) is 0 Å². The third-order valence-corrected chi connectivity index (χ3v) is 4.59. The Balaban J connectivity index is 1.66. The number of ether oxygens (including phenoxy) is 2. The highest BCUT2D eigenvalue weighted by molar-refractivity contribution is 5.07. The van der Waals surface area contributed by atoms with E-state index in [2.05, 4.69) is 22.9 Å². The number of hydrogen-bond donors (Lipinski definition) is 1. The minimum atomic E-state index is -0.0607. The van der Waals surface area contributed by atoms with Crippen LogP contribution in [-0.4, -0.2) is 41.2 Å². The molecule has 1 aromatic heterocycles. The first-order chi connectivity index (χ1) is 9.71. The van der Waals surface area contributed by atoms with Crippen molar-refractivity contribution in [3.05, 3.63) is 18.0 Å². The highest BCUT2D eigenvalue weighted by atomic mass is 16.6. The van der Waals surface area contributed by atoms with Gasteiger partial charge in [0.05, 0.1) is 24.4 Å². The molecule has 2 aliphatic rings. The van der Waals surface area contributed by atoms with E-state index in [9.17, 15) is 0 Å². The van der Waals surface area contributed by atoms with Crippen molar-refractivity contribution in [2.75, 3.05) is 19.8 Å². The molecule has 0 radical (unpaired) electrons. The third kappa shape index (κ3) is 2.90. The second kappa shape index (κ2) is 5.84. The van der Waals surface area contributed by atoms with Gasteiger partial charge in [-0.25, -0.2) is 0 Å². The zero-order chi connectivity index (χ0) is 14.0. The Morgan fingerprint density at radius 2 is 2.45 bits per heavy atom. The average molecular weight is 279 g/mol. The summed E-state index contributed by atoms with van der Waals surface area (Å²) in [6.07, 6.45) is 9.09. The fourth-order valence-corrected chi connectivity index (χ4v) is 3.22. The Morgan fingerprint density at radius 1 is 1.55 bits per heavy atom. The van der Waals surface area contributed by atoms with Crippen molar-refractivity contribution < 1.29 is 9.47 Å². The number of hydrogen-bond acceptors (Lipinski definition) is 4. The maximum absolute atomic E-state index is 6.01. The molecule has 3 rings (SSSR count). The molecular weight excluding hydrogens is 254 g/mol. The van der Waals surface area contributed by atoms with Gasteiger partial charge in [-0.2, -0.15) is 5.10 Å². The summed E-state index contributed by atoms with van der Waals surface area (Å²) in [5.74, 6) is 0. The molecule has 0 saturated carbocycles. The molecule has 0 aromatic carbocycles. The highest BCUT2D eigenvalue weighted by Gasteiger charge is 2.41. The van der Waals surface area contributed by atoms with Crippen LogP contribution >= 0.6 is 0 Å². The Morgan fingerprint density at radius 3 is 3.20 bits per heavy atom. The summed E-state index contributed by atoms with van der Waals surface area (Å²) in [6.45, 7) is 4.48. The van der Waals surface area contributed by atoms with Crippen molar-refractivity contribution in [1.82, 2.24) is 9.78 Å². The van der Waals surface area contributed by atoms with E-state index in [1.165, 1.54) is 5.56 Å². The van der Waals surface area contributed by atoms with E-state index in [1.807, 2.05) is 6.20 Å². The SMILES string of the molecule is CCC(N)Cc1cnn(C2CCOC3(CCOC3)C2)c1. The van der Waals surface area contributed by atoms with Crippen LogP contribution in [0.3, 0.4) is 0 Å². The van der Waals surface area contributed by atoms with Gasteiger partial charge in [0.15, 0.2) is 0 Å². The molecule has 3 unspecified atom stereocenters. The van der Waals surface area contributed by atoms with E-state index in [-0.39, 0.29) is 11.6 Å². The van der Waals surface area contributed by atoms with Crippen molar-refractivity contribution >= 4 is 0 Å². The lowest BCUT2D eigenvalue weighted by molar-refractivity contribution is -0.0962. The minimum Gasteiger partial charge on any atom is -0.378 e. The van der Waals surface area contributed by atoms with Crippen molar-refractivity contribution in [2.45, 2.75) is 56.7 Å². The molecule has 0 aliphatic carbocycles. The first-order valence-electron chi connectivity index (χ1n) is 7.71. The number of rotatable bonds is 4. The standard InChI is InChI=1S/C15H25N3O2/c1-2-13(16)7-12-9-17-18(10-12)14-3-5-20-15(8-14)4-6-19-11-15/h9-10,13-14H,2-8,11,16H2,1H3. The van der Waals surface area contributed by atoms with E-state index < -0.39 is 0 Å². The monoisotopic (exact) mass is 279 g/mol. The molecule has 2 N–H and O–H groups in total. The predicted molar refractivity (Wildman–Crippen MR) is 76.6 cm³/mol. The summed E-state index contributed by atoms with van der Waals surface area (Å²) in [7, 11) is 0. The minimum absolute atomic E-state index is 0.0607. The van der Waals surface area contributed by atoms with Gasteiger partial charge in [0.1, 0.15) is 0 Å². The van der Waals surface area contributed by atoms with E-state index in [0.29, 0.717) is 6.04 Å². The molecule has 0 amide bonds. The van der Waals surface area contributed by atoms with Crippen LogP contribution in [0.25, 0.3) is 0 Å². The lowest BCUT2D eigenvalue weighted by Crippen LogP contribution is -2.41. The van der Waals surface area contributed by atoms with Gasteiger partial charge < -0.3 is 15.2 Å². The van der Waals surface area contributed by atoms with E-state index in [4.69, 9.17) is 15.2 Å². The van der Waals surface area contributed by atoms with Gasteiger partial charge in [0, 0.05) is 38.3 Å². The number of aromatic nitrogens is 2. The molecule has 20 heavy (non-hydrogen) atoms. The topological polar surface area (TPSA) is 62.3 Å². The lowest BCUT2D eigenvalue weighted by Gasteiger charge is -2.37.